The van der Waals surface area contributed by atoms with Crippen molar-refractivity contribution in [3.8, 4) is 0 Å². The van der Waals surface area contributed by atoms with Crippen molar-refractivity contribution in [2.45, 2.75) is 65.7 Å². The topological polar surface area (TPSA) is 17.1 Å². The molecular formula is C17H26O. The number of hydrogen-bond acceptors (Lipinski definition) is 1. The van der Waals surface area contributed by atoms with E-state index in [4.69, 9.17) is 0 Å². The van der Waals surface area contributed by atoms with Gasteiger partial charge in [0.1, 0.15) is 5.78 Å². The largest absolute Gasteiger partial charge is 0.299 e. The number of ketones is 1. The van der Waals surface area contributed by atoms with Gasteiger partial charge in [0.15, 0.2) is 0 Å². The molecule has 3 aliphatic rings. The summed E-state index contributed by atoms with van der Waals surface area (Å²) in [6, 6.07) is 0. The second-order valence-corrected chi connectivity index (χ2v) is 7.39. The molecule has 0 radical (unpaired) electrons. The van der Waals surface area contributed by atoms with Gasteiger partial charge in [0, 0.05) is 12.3 Å². The van der Waals surface area contributed by atoms with Crippen molar-refractivity contribution in [2.24, 2.45) is 22.7 Å². The van der Waals surface area contributed by atoms with Gasteiger partial charge in [-0.1, -0.05) is 32.4 Å². The van der Waals surface area contributed by atoms with Gasteiger partial charge in [0.25, 0.3) is 0 Å². The van der Waals surface area contributed by atoms with Crippen LogP contribution in [0.2, 0.25) is 0 Å². The van der Waals surface area contributed by atoms with E-state index in [1.54, 1.807) is 5.57 Å². The van der Waals surface area contributed by atoms with Crippen LogP contribution in [0.15, 0.2) is 11.6 Å². The van der Waals surface area contributed by atoms with Gasteiger partial charge in [0.05, 0.1) is 0 Å². The van der Waals surface area contributed by atoms with E-state index < -0.39 is 0 Å². The Morgan fingerprint density at radius 2 is 2.00 bits per heavy atom. The fourth-order valence-corrected chi connectivity index (χ4v) is 5.25. The first kappa shape index (κ1) is 12.4. The monoisotopic (exact) mass is 246 g/mol. The van der Waals surface area contributed by atoms with Gasteiger partial charge in [-0.2, -0.15) is 0 Å². The Labute approximate surface area is 111 Å². The Morgan fingerprint density at radius 1 is 1.22 bits per heavy atom. The molecule has 4 atom stereocenters. The van der Waals surface area contributed by atoms with Crippen LogP contribution >= 0.6 is 0 Å². The van der Waals surface area contributed by atoms with Crippen LogP contribution < -0.4 is 0 Å². The molecule has 3 rings (SSSR count). The van der Waals surface area contributed by atoms with Crippen molar-refractivity contribution in [1.82, 2.24) is 0 Å². The van der Waals surface area contributed by atoms with E-state index in [0.29, 0.717) is 22.5 Å². The van der Waals surface area contributed by atoms with Gasteiger partial charge in [-0.15, -0.1) is 0 Å². The first-order valence-electron chi connectivity index (χ1n) is 7.71. The van der Waals surface area contributed by atoms with Crippen LogP contribution in [0, 0.1) is 22.7 Å². The maximum absolute atomic E-state index is 12.0. The summed E-state index contributed by atoms with van der Waals surface area (Å²) in [6.07, 6.45) is 11.0. The van der Waals surface area contributed by atoms with Gasteiger partial charge in [-0.3, -0.25) is 4.79 Å². The Bertz CT molecular complexity index is 408. The smallest absolute Gasteiger partial charge is 0.136 e. The lowest BCUT2D eigenvalue weighted by Gasteiger charge is -2.57. The molecule has 0 heterocycles. The average Bonchev–Trinajstić information content (AvgIpc) is 2.34. The summed E-state index contributed by atoms with van der Waals surface area (Å²) in [4.78, 5) is 12.0. The number of hydrogen-bond donors (Lipinski definition) is 0. The third kappa shape index (κ3) is 1.55. The molecule has 18 heavy (non-hydrogen) atoms. The molecule has 1 heteroatoms. The molecule has 0 aromatic heterocycles. The standard InChI is InChI=1S/C17H26O/c1-12-13-7-10-16(2)9-5-4-6-15(16)17(13,3)11-8-14(12)18/h6,12-13H,4-5,7-11H2,1-3H3. The molecule has 100 valence electrons. The number of rotatable bonds is 0. The van der Waals surface area contributed by atoms with E-state index in [1.165, 1.54) is 32.1 Å². The summed E-state index contributed by atoms with van der Waals surface area (Å²) >= 11 is 0. The summed E-state index contributed by atoms with van der Waals surface area (Å²) in [6.45, 7) is 7.10. The highest BCUT2D eigenvalue weighted by Crippen LogP contribution is 2.62. The molecule has 0 aromatic carbocycles. The predicted molar refractivity (Wildman–Crippen MR) is 74.3 cm³/mol. The van der Waals surface area contributed by atoms with Gasteiger partial charge < -0.3 is 0 Å². The zero-order valence-corrected chi connectivity index (χ0v) is 12.1. The minimum absolute atomic E-state index is 0.288. The highest BCUT2D eigenvalue weighted by molar-refractivity contribution is 5.82. The summed E-state index contributed by atoms with van der Waals surface area (Å²) < 4.78 is 0. The first-order valence-corrected chi connectivity index (χ1v) is 7.71. The first-order chi connectivity index (χ1) is 8.47. The molecule has 0 amide bonds. The lowest BCUT2D eigenvalue weighted by molar-refractivity contribution is -0.131. The van der Waals surface area contributed by atoms with Crippen LogP contribution in [0.25, 0.3) is 0 Å². The van der Waals surface area contributed by atoms with Gasteiger partial charge in [0.2, 0.25) is 0 Å². The number of carbonyl (C=O) groups is 1. The summed E-state index contributed by atoms with van der Waals surface area (Å²) in [5.74, 6) is 1.41. The summed E-state index contributed by atoms with van der Waals surface area (Å²) in [5, 5.41) is 0. The molecule has 2 fully saturated rings. The number of allylic oxidation sites excluding steroid dienone is 2. The highest BCUT2D eigenvalue weighted by Gasteiger charge is 2.54. The fourth-order valence-electron chi connectivity index (χ4n) is 5.25. The molecule has 0 saturated heterocycles. The Morgan fingerprint density at radius 3 is 2.78 bits per heavy atom. The SMILES string of the molecule is CC1C(=O)CCC2(C)C3=CCCCC3(C)CCC12. The van der Waals surface area contributed by atoms with Crippen molar-refractivity contribution >= 4 is 5.78 Å². The average molecular weight is 246 g/mol. The van der Waals surface area contributed by atoms with Crippen LogP contribution in [-0.4, -0.2) is 5.78 Å². The fraction of sp³-hybridized carbons (Fsp3) is 0.824. The molecule has 0 N–H and O–H groups in total. The second-order valence-electron chi connectivity index (χ2n) is 7.39. The van der Waals surface area contributed by atoms with Crippen LogP contribution in [0.1, 0.15) is 65.7 Å². The quantitative estimate of drug-likeness (QED) is 0.574. The van der Waals surface area contributed by atoms with Crippen LogP contribution in [0.4, 0.5) is 0 Å². The lowest BCUT2D eigenvalue weighted by atomic mass is 9.47. The normalized spacial score (nSPS) is 48.2. The molecule has 3 aliphatic carbocycles. The van der Waals surface area contributed by atoms with Crippen molar-refractivity contribution in [3.05, 3.63) is 11.6 Å². The molecule has 4 unspecified atom stereocenters. The minimum Gasteiger partial charge on any atom is -0.299 e. The van der Waals surface area contributed by atoms with Gasteiger partial charge in [-0.25, -0.2) is 0 Å². The highest BCUT2D eigenvalue weighted by atomic mass is 16.1. The Hall–Kier alpha value is -0.590. The molecule has 0 spiro atoms. The van der Waals surface area contributed by atoms with Crippen molar-refractivity contribution in [2.75, 3.05) is 0 Å². The van der Waals surface area contributed by atoms with Crippen molar-refractivity contribution < 1.29 is 4.79 Å². The summed E-state index contributed by atoms with van der Waals surface area (Å²) in [7, 11) is 0. The van der Waals surface area contributed by atoms with E-state index in [2.05, 4.69) is 26.8 Å². The lowest BCUT2D eigenvalue weighted by Crippen LogP contribution is -2.49. The third-order valence-electron chi connectivity index (χ3n) is 6.37. The van der Waals surface area contributed by atoms with Crippen LogP contribution in [0.3, 0.4) is 0 Å². The maximum atomic E-state index is 12.0. The molecule has 1 nitrogen and oxygen atoms in total. The van der Waals surface area contributed by atoms with E-state index >= 15 is 0 Å². The van der Waals surface area contributed by atoms with Gasteiger partial charge >= 0.3 is 0 Å². The Kier molecular flexibility index (Phi) is 2.73. The number of carbonyl (C=O) groups excluding carboxylic acids is 1. The van der Waals surface area contributed by atoms with E-state index in [0.717, 1.165) is 12.8 Å². The van der Waals surface area contributed by atoms with Gasteiger partial charge in [-0.05, 0) is 55.3 Å². The number of fused-ring (bicyclic) bond motifs is 3. The van der Waals surface area contributed by atoms with E-state index in [-0.39, 0.29) is 5.92 Å². The molecule has 2 saturated carbocycles. The number of Topliss-reactive ketones (excluding diaryl/α,β-unsaturated/α-hetero) is 1. The second kappa shape index (κ2) is 3.95. The zero-order chi connectivity index (χ0) is 13.0. The Balaban J connectivity index is 2.02. The van der Waals surface area contributed by atoms with E-state index in [1.807, 2.05) is 0 Å². The summed E-state index contributed by atoms with van der Waals surface area (Å²) in [5.41, 5.74) is 2.49. The predicted octanol–water partition coefficient (Wildman–Crippen LogP) is 4.52. The van der Waals surface area contributed by atoms with Crippen molar-refractivity contribution in [1.29, 1.82) is 0 Å². The maximum Gasteiger partial charge on any atom is 0.136 e. The van der Waals surface area contributed by atoms with E-state index in [9.17, 15) is 4.79 Å². The molecular weight excluding hydrogens is 220 g/mol. The van der Waals surface area contributed by atoms with Crippen molar-refractivity contribution in [3.63, 3.8) is 0 Å². The third-order valence-corrected chi connectivity index (χ3v) is 6.37. The molecule has 0 aliphatic heterocycles. The molecule has 0 bridgehead atoms. The molecule has 0 aromatic rings. The van der Waals surface area contributed by atoms with Crippen LogP contribution in [0.5, 0.6) is 0 Å². The minimum atomic E-state index is 0.288. The van der Waals surface area contributed by atoms with Crippen LogP contribution in [-0.2, 0) is 4.79 Å². The zero-order valence-electron chi connectivity index (χ0n) is 12.1.